The Balaban J connectivity index is 1.93. The van der Waals surface area contributed by atoms with Crippen LogP contribution in [0.5, 0.6) is 0 Å². The smallest absolute Gasteiger partial charge is 0.228 e. The van der Waals surface area contributed by atoms with Crippen LogP contribution in [0.25, 0.3) is 0 Å². The van der Waals surface area contributed by atoms with E-state index in [-0.39, 0.29) is 17.4 Å². The molecule has 0 aromatic heterocycles. The van der Waals surface area contributed by atoms with Crippen molar-refractivity contribution in [3.63, 3.8) is 0 Å². The molecule has 0 aromatic carbocycles. The van der Waals surface area contributed by atoms with Gasteiger partial charge in [0, 0.05) is 27.3 Å². The summed E-state index contributed by atoms with van der Waals surface area (Å²) >= 11 is 0. The van der Waals surface area contributed by atoms with Crippen molar-refractivity contribution < 1.29 is 14.6 Å². The van der Waals surface area contributed by atoms with Gasteiger partial charge in [0.2, 0.25) is 5.91 Å². The van der Waals surface area contributed by atoms with Crippen LogP contribution in [-0.2, 0) is 9.53 Å². The lowest BCUT2D eigenvalue weighted by atomic mass is 9.81. The molecule has 2 aliphatic rings. The van der Waals surface area contributed by atoms with Crippen LogP contribution in [0.3, 0.4) is 0 Å². The molecule has 4 heteroatoms. The molecule has 2 saturated carbocycles. The molecule has 0 radical (unpaired) electrons. The number of aliphatic hydroxyl groups excluding tert-OH is 1. The number of carbonyl (C=O) groups is 1. The molecule has 1 atom stereocenters. The van der Waals surface area contributed by atoms with Gasteiger partial charge in [-0.3, -0.25) is 4.79 Å². The van der Waals surface area contributed by atoms with Crippen molar-refractivity contribution in [2.24, 2.45) is 11.3 Å². The number of hydrogen-bond donors (Lipinski definition) is 1. The zero-order valence-electron chi connectivity index (χ0n) is 12.2. The van der Waals surface area contributed by atoms with Crippen LogP contribution in [0, 0.1) is 11.3 Å². The normalized spacial score (nSPS) is 23.3. The minimum atomic E-state index is -0.338. The van der Waals surface area contributed by atoms with E-state index in [0.29, 0.717) is 19.1 Å². The molecule has 0 heterocycles. The Morgan fingerprint density at radius 1 is 1.42 bits per heavy atom. The van der Waals surface area contributed by atoms with Crippen molar-refractivity contribution in [2.75, 3.05) is 27.3 Å². The van der Waals surface area contributed by atoms with Gasteiger partial charge in [0.25, 0.3) is 0 Å². The molecule has 0 bridgehead atoms. The Labute approximate surface area is 116 Å². The van der Waals surface area contributed by atoms with Gasteiger partial charge in [0.05, 0.1) is 11.5 Å². The zero-order chi connectivity index (χ0) is 13.9. The predicted molar refractivity (Wildman–Crippen MR) is 73.8 cm³/mol. The van der Waals surface area contributed by atoms with Gasteiger partial charge in [-0.2, -0.15) is 0 Å². The Hall–Kier alpha value is -0.610. The Morgan fingerprint density at radius 3 is 2.58 bits per heavy atom. The van der Waals surface area contributed by atoms with Crippen LogP contribution in [-0.4, -0.2) is 49.3 Å². The highest BCUT2D eigenvalue weighted by atomic mass is 16.5. The summed E-state index contributed by atoms with van der Waals surface area (Å²) in [6, 6.07) is 0. The molecular weight excluding hydrogens is 242 g/mol. The van der Waals surface area contributed by atoms with Gasteiger partial charge in [0.15, 0.2) is 0 Å². The number of ether oxygens (including phenoxy) is 1. The monoisotopic (exact) mass is 269 g/mol. The van der Waals surface area contributed by atoms with E-state index >= 15 is 0 Å². The number of aliphatic hydroxyl groups is 1. The van der Waals surface area contributed by atoms with E-state index in [9.17, 15) is 9.90 Å². The van der Waals surface area contributed by atoms with Crippen molar-refractivity contribution >= 4 is 5.91 Å². The SMILES string of the molecule is COCCC1(C(=O)N(C)CC(O)C2CC2)CCCC1. The second kappa shape index (κ2) is 6.23. The fourth-order valence-electron chi connectivity index (χ4n) is 3.32. The summed E-state index contributed by atoms with van der Waals surface area (Å²) in [6.45, 7) is 1.13. The van der Waals surface area contributed by atoms with Crippen LogP contribution < -0.4 is 0 Å². The molecule has 2 aliphatic carbocycles. The average Bonchev–Trinajstić information content (AvgIpc) is 3.15. The molecule has 19 heavy (non-hydrogen) atoms. The standard InChI is InChI=1S/C15H27NO3/c1-16(11-13(17)12-5-6-12)14(18)15(9-10-19-2)7-3-4-8-15/h12-13,17H,3-11H2,1-2H3. The molecular formula is C15H27NO3. The quantitative estimate of drug-likeness (QED) is 0.767. The van der Waals surface area contributed by atoms with Gasteiger partial charge in [0.1, 0.15) is 0 Å². The summed E-state index contributed by atoms with van der Waals surface area (Å²) < 4.78 is 5.17. The second-order valence-corrected chi connectivity index (χ2v) is 6.32. The van der Waals surface area contributed by atoms with Crippen LogP contribution in [0.1, 0.15) is 44.9 Å². The number of likely N-dealkylation sites (N-methyl/N-ethyl adjacent to an activating group) is 1. The Kier molecular flexibility index (Phi) is 4.85. The van der Waals surface area contributed by atoms with Crippen molar-refractivity contribution in [3.8, 4) is 0 Å². The van der Waals surface area contributed by atoms with Crippen LogP contribution in [0.15, 0.2) is 0 Å². The third kappa shape index (κ3) is 3.48. The van der Waals surface area contributed by atoms with E-state index in [1.807, 2.05) is 7.05 Å². The summed E-state index contributed by atoms with van der Waals surface area (Å²) in [5.41, 5.74) is -0.228. The number of methoxy groups -OCH3 is 1. The fraction of sp³-hybridized carbons (Fsp3) is 0.933. The van der Waals surface area contributed by atoms with E-state index in [0.717, 1.165) is 44.9 Å². The highest BCUT2D eigenvalue weighted by Gasteiger charge is 2.43. The number of carbonyl (C=O) groups excluding carboxylic acids is 1. The molecule has 0 aliphatic heterocycles. The number of hydrogen-bond acceptors (Lipinski definition) is 3. The molecule has 0 saturated heterocycles. The lowest BCUT2D eigenvalue weighted by molar-refractivity contribution is -0.143. The Bertz CT molecular complexity index is 309. The highest BCUT2D eigenvalue weighted by molar-refractivity contribution is 5.82. The predicted octanol–water partition coefficient (Wildman–Crippen LogP) is 1.81. The van der Waals surface area contributed by atoms with Crippen LogP contribution in [0.4, 0.5) is 0 Å². The van der Waals surface area contributed by atoms with E-state index in [2.05, 4.69) is 0 Å². The topological polar surface area (TPSA) is 49.8 Å². The maximum absolute atomic E-state index is 12.7. The summed E-state index contributed by atoms with van der Waals surface area (Å²) in [7, 11) is 3.52. The molecule has 1 unspecified atom stereocenters. The van der Waals surface area contributed by atoms with Crippen molar-refractivity contribution in [1.29, 1.82) is 0 Å². The number of amides is 1. The fourth-order valence-corrected chi connectivity index (χ4v) is 3.32. The lowest BCUT2D eigenvalue weighted by Gasteiger charge is -2.33. The third-order valence-corrected chi connectivity index (χ3v) is 4.77. The van der Waals surface area contributed by atoms with Gasteiger partial charge in [-0.1, -0.05) is 12.8 Å². The first kappa shape index (κ1) is 14.8. The van der Waals surface area contributed by atoms with E-state index in [4.69, 9.17) is 4.74 Å². The largest absolute Gasteiger partial charge is 0.391 e. The first-order valence-electron chi connectivity index (χ1n) is 7.52. The first-order chi connectivity index (χ1) is 9.09. The lowest BCUT2D eigenvalue weighted by Crippen LogP contribution is -2.44. The summed E-state index contributed by atoms with van der Waals surface area (Å²) in [5, 5.41) is 9.99. The molecule has 0 spiro atoms. The summed E-state index contributed by atoms with van der Waals surface area (Å²) in [6.07, 6.45) is 6.90. The molecule has 2 rings (SSSR count). The average molecular weight is 269 g/mol. The molecule has 4 nitrogen and oxygen atoms in total. The van der Waals surface area contributed by atoms with Crippen LogP contribution in [0.2, 0.25) is 0 Å². The minimum Gasteiger partial charge on any atom is -0.391 e. The molecule has 0 aromatic rings. The van der Waals surface area contributed by atoms with E-state index in [1.165, 1.54) is 0 Å². The maximum atomic E-state index is 12.7. The van der Waals surface area contributed by atoms with Gasteiger partial charge >= 0.3 is 0 Å². The van der Waals surface area contributed by atoms with E-state index in [1.54, 1.807) is 12.0 Å². The first-order valence-corrected chi connectivity index (χ1v) is 7.52. The third-order valence-electron chi connectivity index (χ3n) is 4.77. The summed E-state index contributed by atoms with van der Waals surface area (Å²) in [5.74, 6) is 0.635. The van der Waals surface area contributed by atoms with Crippen molar-refractivity contribution in [3.05, 3.63) is 0 Å². The molecule has 1 amide bonds. The second-order valence-electron chi connectivity index (χ2n) is 6.32. The van der Waals surface area contributed by atoms with E-state index < -0.39 is 0 Å². The Morgan fingerprint density at radius 2 is 2.05 bits per heavy atom. The van der Waals surface area contributed by atoms with Gasteiger partial charge in [-0.05, 0) is 38.0 Å². The van der Waals surface area contributed by atoms with Crippen molar-refractivity contribution in [2.45, 2.75) is 51.0 Å². The summed E-state index contributed by atoms with van der Waals surface area (Å²) in [4.78, 5) is 14.5. The van der Waals surface area contributed by atoms with Gasteiger partial charge < -0.3 is 14.7 Å². The highest BCUT2D eigenvalue weighted by Crippen LogP contribution is 2.43. The number of nitrogens with zero attached hydrogens (tertiary/aromatic N) is 1. The van der Waals surface area contributed by atoms with Crippen molar-refractivity contribution in [1.82, 2.24) is 4.90 Å². The number of rotatable bonds is 7. The molecule has 1 N–H and O–H groups in total. The maximum Gasteiger partial charge on any atom is 0.228 e. The zero-order valence-corrected chi connectivity index (χ0v) is 12.2. The molecule has 2 fully saturated rings. The van der Waals surface area contributed by atoms with Gasteiger partial charge in [-0.15, -0.1) is 0 Å². The van der Waals surface area contributed by atoms with Gasteiger partial charge in [-0.25, -0.2) is 0 Å². The van der Waals surface area contributed by atoms with Crippen LogP contribution >= 0.6 is 0 Å². The molecule has 110 valence electrons. The minimum absolute atomic E-state index is 0.210.